The molecule has 0 radical (unpaired) electrons. The molecule has 0 nitrogen and oxygen atoms in total. The van der Waals surface area contributed by atoms with Crippen LogP contribution in [0, 0.1) is 0 Å². The standard InChI is InChI=1S/2C5H5.CH2.2ClH.Zr/c2*1-2-4-5-3-1;;;;/h2*1-3H,4H2;1H2;2*1H;. The molecule has 0 unspecified atom stereocenters. The number of rotatable bonds is 2. The molecular formula is C11H14Cl2Zr. The van der Waals surface area contributed by atoms with Crippen LogP contribution in [0.1, 0.15) is 12.8 Å². The van der Waals surface area contributed by atoms with Gasteiger partial charge in [0.15, 0.2) is 0 Å². The maximum absolute atomic E-state index is 4.38. The number of allylic oxidation sites excluding steroid dienone is 8. The van der Waals surface area contributed by atoms with Gasteiger partial charge in [-0.2, -0.15) is 0 Å². The Hall–Kier alpha value is 0.293. The summed E-state index contributed by atoms with van der Waals surface area (Å²) < 4.78 is 7.67. The van der Waals surface area contributed by atoms with E-state index in [0.717, 1.165) is 0 Å². The number of halogens is 2. The van der Waals surface area contributed by atoms with Gasteiger partial charge in [0.2, 0.25) is 0 Å². The molecule has 2 aliphatic carbocycles. The summed E-state index contributed by atoms with van der Waals surface area (Å²) >= 11 is -1.52. The third kappa shape index (κ3) is 3.15. The van der Waals surface area contributed by atoms with Crippen molar-refractivity contribution in [1.82, 2.24) is 0 Å². The SMILES string of the molecule is Cl.Cl.[CH2]=[Zr]([C]1=CC=CC1)[C]1=CC=CC1. The van der Waals surface area contributed by atoms with Crippen molar-refractivity contribution in [1.29, 1.82) is 0 Å². The van der Waals surface area contributed by atoms with Gasteiger partial charge in [-0.15, -0.1) is 24.8 Å². The molecule has 0 aliphatic heterocycles. The van der Waals surface area contributed by atoms with Crippen LogP contribution < -0.4 is 0 Å². The topological polar surface area (TPSA) is 0 Å². The quantitative estimate of drug-likeness (QED) is 0.731. The molecule has 0 saturated carbocycles. The van der Waals surface area contributed by atoms with Crippen LogP contribution >= 0.6 is 24.8 Å². The molecule has 2 rings (SSSR count). The molecule has 0 amide bonds. The first-order chi connectivity index (χ1) is 5.88. The van der Waals surface area contributed by atoms with Crippen molar-refractivity contribution in [2.24, 2.45) is 0 Å². The number of hydrogen-bond donors (Lipinski definition) is 0. The van der Waals surface area contributed by atoms with Crippen LogP contribution in [0.25, 0.3) is 0 Å². The van der Waals surface area contributed by atoms with Gasteiger partial charge in [0.1, 0.15) is 0 Å². The predicted octanol–water partition coefficient (Wildman–Crippen LogP) is 3.57. The summed E-state index contributed by atoms with van der Waals surface area (Å²) in [4.78, 5) is 0. The van der Waals surface area contributed by atoms with Crippen molar-refractivity contribution in [3.8, 4) is 0 Å². The van der Waals surface area contributed by atoms with E-state index in [1.165, 1.54) is 12.8 Å². The van der Waals surface area contributed by atoms with Crippen LogP contribution in [0.2, 0.25) is 0 Å². The van der Waals surface area contributed by atoms with Crippen LogP contribution in [0.15, 0.2) is 43.0 Å². The minimum atomic E-state index is -1.52. The zero-order valence-electron chi connectivity index (χ0n) is 7.90. The predicted molar refractivity (Wildman–Crippen MR) is 65.3 cm³/mol. The van der Waals surface area contributed by atoms with Crippen molar-refractivity contribution in [2.45, 2.75) is 12.8 Å². The van der Waals surface area contributed by atoms with Crippen LogP contribution in [0.3, 0.4) is 0 Å². The van der Waals surface area contributed by atoms with Gasteiger partial charge in [-0.25, -0.2) is 0 Å². The molecule has 0 aromatic carbocycles. The number of hydrogen-bond acceptors (Lipinski definition) is 0. The summed E-state index contributed by atoms with van der Waals surface area (Å²) in [5.41, 5.74) is 0. The van der Waals surface area contributed by atoms with Crippen molar-refractivity contribution in [2.75, 3.05) is 0 Å². The van der Waals surface area contributed by atoms with E-state index in [1.807, 2.05) is 0 Å². The Morgan fingerprint density at radius 1 is 0.929 bits per heavy atom. The summed E-state index contributed by atoms with van der Waals surface area (Å²) in [5.74, 6) is 0. The minimum absolute atomic E-state index is 0. The van der Waals surface area contributed by atoms with Crippen LogP contribution in [-0.4, -0.2) is 4.21 Å². The zero-order chi connectivity index (χ0) is 8.39. The Balaban J connectivity index is 0.000000845. The fraction of sp³-hybridized carbons (Fsp3) is 0.182. The Bertz CT molecular complexity index is 303. The second kappa shape index (κ2) is 6.72. The monoisotopic (exact) mass is 306 g/mol. The van der Waals surface area contributed by atoms with Crippen LogP contribution in [0.5, 0.6) is 0 Å². The average molecular weight is 308 g/mol. The van der Waals surface area contributed by atoms with Gasteiger partial charge in [0.05, 0.1) is 0 Å². The first-order valence-electron chi connectivity index (χ1n) is 4.29. The third-order valence-electron chi connectivity index (χ3n) is 2.32. The molecule has 3 heteroatoms. The molecule has 0 spiro atoms. The van der Waals surface area contributed by atoms with E-state index in [1.54, 1.807) is 6.56 Å². The summed E-state index contributed by atoms with van der Waals surface area (Å²) in [6, 6.07) is 0. The summed E-state index contributed by atoms with van der Waals surface area (Å²) in [6.07, 6.45) is 15.7. The first kappa shape index (κ1) is 14.3. The van der Waals surface area contributed by atoms with E-state index >= 15 is 0 Å². The summed E-state index contributed by atoms with van der Waals surface area (Å²) in [7, 11) is 0. The molecular weight excluding hydrogens is 294 g/mol. The normalized spacial score (nSPS) is 16.9. The fourth-order valence-electron chi connectivity index (χ4n) is 1.55. The Kier molecular flexibility index (Phi) is 6.86. The van der Waals surface area contributed by atoms with Gasteiger partial charge in [-0.1, -0.05) is 0 Å². The molecule has 0 atom stereocenters. The van der Waals surface area contributed by atoms with Gasteiger partial charge < -0.3 is 0 Å². The van der Waals surface area contributed by atoms with E-state index in [0.29, 0.717) is 0 Å². The molecule has 0 bridgehead atoms. The molecule has 0 N–H and O–H groups in total. The Labute approximate surface area is 105 Å². The first-order valence-corrected chi connectivity index (χ1v) is 8.48. The molecule has 0 fully saturated rings. The molecule has 0 aromatic heterocycles. The Morgan fingerprint density at radius 3 is 1.64 bits per heavy atom. The van der Waals surface area contributed by atoms with E-state index in [4.69, 9.17) is 0 Å². The van der Waals surface area contributed by atoms with E-state index in [2.05, 4.69) is 40.7 Å². The van der Waals surface area contributed by atoms with Crippen molar-refractivity contribution < 1.29 is 21.3 Å². The molecule has 14 heavy (non-hydrogen) atoms. The van der Waals surface area contributed by atoms with E-state index in [-0.39, 0.29) is 24.8 Å². The fourth-order valence-corrected chi connectivity index (χ4v) is 5.81. The second-order valence-electron chi connectivity index (χ2n) is 3.13. The molecule has 76 valence electrons. The van der Waals surface area contributed by atoms with Gasteiger partial charge in [0, 0.05) is 0 Å². The molecule has 2 aliphatic rings. The van der Waals surface area contributed by atoms with Gasteiger partial charge in [-0.3, -0.25) is 0 Å². The van der Waals surface area contributed by atoms with Gasteiger partial charge in [0.25, 0.3) is 0 Å². The second-order valence-corrected chi connectivity index (χ2v) is 8.64. The van der Waals surface area contributed by atoms with Crippen molar-refractivity contribution in [3.05, 3.63) is 43.0 Å². The van der Waals surface area contributed by atoms with Crippen molar-refractivity contribution >= 4 is 29.0 Å². The Morgan fingerprint density at radius 2 is 1.36 bits per heavy atom. The van der Waals surface area contributed by atoms with Gasteiger partial charge in [-0.05, 0) is 0 Å². The summed E-state index contributed by atoms with van der Waals surface area (Å²) in [5, 5.41) is 0. The van der Waals surface area contributed by atoms with E-state index < -0.39 is 21.3 Å². The van der Waals surface area contributed by atoms with Crippen LogP contribution in [0.4, 0.5) is 0 Å². The maximum atomic E-state index is 4.38. The average Bonchev–Trinajstić information content (AvgIpc) is 2.77. The van der Waals surface area contributed by atoms with Crippen LogP contribution in [-0.2, 0) is 21.3 Å². The third-order valence-corrected chi connectivity index (χ3v) is 7.95. The molecule has 0 aromatic rings. The van der Waals surface area contributed by atoms with Crippen molar-refractivity contribution in [3.63, 3.8) is 0 Å². The van der Waals surface area contributed by atoms with Gasteiger partial charge >= 0.3 is 81.3 Å². The summed E-state index contributed by atoms with van der Waals surface area (Å²) in [6.45, 7) is 0. The zero-order valence-corrected chi connectivity index (χ0v) is 12.0. The molecule has 0 saturated heterocycles. The molecule has 0 heterocycles. The van der Waals surface area contributed by atoms with E-state index in [9.17, 15) is 0 Å².